The number of carbonyl (C=O) groups excluding carboxylic acids is 1. The van der Waals surface area contributed by atoms with Crippen LogP contribution >= 0.6 is 0 Å². The normalized spacial score (nSPS) is 19.7. The summed E-state index contributed by atoms with van der Waals surface area (Å²) >= 11 is 0. The Labute approximate surface area is 146 Å². The molecule has 1 fully saturated rings. The second kappa shape index (κ2) is 7.55. The van der Waals surface area contributed by atoms with E-state index in [-0.39, 0.29) is 5.91 Å². The first-order chi connectivity index (χ1) is 12.2. The molecule has 1 aliphatic rings. The predicted octanol–water partition coefficient (Wildman–Crippen LogP) is 2.48. The largest absolute Gasteiger partial charge is 0.497 e. The Morgan fingerprint density at radius 3 is 2.08 bits per heavy atom. The van der Waals surface area contributed by atoms with Crippen LogP contribution in [0.5, 0.6) is 11.5 Å². The van der Waals surface area contributed by atoms with Crippen LogP contribution in [0.2, 0.25) is 0 Å². The number of hydrogen-bond acceptors (Lipinski definition) is 5. The van der Waals surface area contributed by atoms with Crippen LogP contribution in [-0.4, -0.2) is 45.7 Å². The van der Waals surface area contributed by atoms with Gasteiger partial charge in [-0.05, 0) is 36.4 Å². The third-order valence-corrected chi connectivity index (χ3v) is 4.19. The molecular weight excluding hydrogens is 322 g/mol. The van der Waals surface area contributed by atoms with Gasteiger partial charge in [0.15, 0.2) is 6.29 Å². The molecule has 25 heavy (non-hydrogen) atoms. The van der Waals surface area contributed by atoms with Crippen LogP contribution in [0.4, 0.5) is 5.69 Å². The van der Waals surface area contributed by atoms with E-state index in [0.717, 1.165) is 11.4 Å². The van der Waals surface area contributed by atoms with E-state index in [1.165, 1.54) is 0 Å². The minimum Gasteiger partial charge on any atom is -0.497 e. The van der Waals surface area contributed by atoms with Crippen molar-refractivity contribution in [3.63, 3.8) is 0 Å². The zero-order valence-corrected chi connectivity index (χ0v) is 14.4. The number of amides is 1. The summed E-state index contributed by atoms with van der Waals surface area (Å²) in [5.41, 5.74) is 0.739. The highest BCUT2D eigenvalue weighted by Gasteiger charge is 2.54. The van der Waals surface area contributed by atoms with E-state index in [0.29, 0.717) is 5.75 Å². The standard InChI is InChI=1S/C19H21NO5/c1-22-14-11-9-13(10-12-14)20-16(19(23-2)24-3)17(18(20)21)25-15-7-5-4-6-8-15/h4-12,16-17,19H,1-3H3/t16-,17-/m0/s1. The second-order valence-corrected chi connectivity index (χ2v) is 5.59. The Kier molecular flexibility index (Phi) is 5.21. The number of hydrogen-bond donors (Lipinski definition) is 0. The molecular formula is C19H21NO5. The van der Waals surface area contributed by atoms with Crippen molar-refractivity contribution in [1.29, 1.82) is 0 Å². The summed E-state index contributed by atoms with van der Waals surface area (Å²) in [5, 5.41) is 0. The smallest absolute Gasteiger partial charge is 0.271 e. The summed E-state index contributed by atoms with van der Waals surface area (Å²) in [6.45, 7) is 0. The van der Waals surface area contributed by atoms with Crippen LogP contribution in [-0.2, 0) is 14.3 Å². The van der Waals surface area contributed by atoms with E-state index >= 15 is 0 Å². The molecule has 2 aromatic carbocycles. The average Bonchev–Trinajstić information content (AvgIpc) is 2.67. The van der Waals surface area contributed by atoms with Crippen molar-refractivity contribution in [3.05, 3.63) is 54.6 Å². The lowest BCUT2D eigenvalue weighted by atomic mass is 9.95. The van der Waals surface area contributed by atoms with Gasteiger partial charge < -0.3 is 18.9 Å². The van der Waals surface area contributed by atoms with Crippen LogP contribution < -0.4 is 14.4 Å². The van der Waals surface area contributed by atoms with Gasteiger partial charge in [0, 0.05) is 19.9 Å². The maximum Gasteiger partial charge on any atom is 0.271 e. The molecule has 0 unspecified atom stereocenters. The maximum absolute atomic E-state index is 12.7. The molecule has 0 aliphatic carbocycles. The number of anilines is 1. The highest BCUT2D eigenvalue weighted by molar-refractivity contribution is 6.05. The molecule has 132 valence electrons. The monoisotopic (exact) mass is 343 g/mol. The third kappa shape index (κ3) is 3.31. The van der Waals surface area contributed by atoms with Gasteiger partial charge in [-0.25, -0.2) is 0 Å². The van der Waals surface area contributed by atoms with Gasteiger partial charge in [0.2, 0.25) is 6.10 Å². The highest BCUT2D eigenvalue weighted by atomic mass is 16.7. The summed E-state index contributed by atoms with van der Waals surface area (Å²) in [6.07, 6.45) is -1.28. The molecule has 0 N–H and O–H groups in total. The summed E-state index contributed by atoms with van der Waals surface area (Å²) in [5.74, 6) is 1.21. The Balaban J connectivity index is 1.85. The number of benzene rings is 2. The van der Waals surface area contributed by atoms with Crippen LogP contribution in [0.1, 0.15) is 0 Å². The number of methoxy groups -OCH3 is 3. The van der Waals surface area contributed by atoms with Gasteiger partial charge in [-0.1, -0.05) is 18.2 Å². The van der Waals surface area contributed by atoms with Crippen molar-refractivity contribution in [2.75, 3.05) is 26.2 Å². The fourth-order valence-corrected chi connectivity index (χ4v) is 2.93. The van der Waals surface area contributed by atoms with Crippen LogP contribution in [0.3, 0.4) is 0 Å². The van der Waals surface area contributed by atoms with Crippen molar-refractivity contribution < 1.29 is 23.7 Å². The topological polar surface area (TPSA) is 57.2 Å². The second-order valence-electron chi connectivity index (χ2n) is 5.59. The number of rotatable bonds is 7. The lowest BCUT2D eigenvalue weighted by Crippen LogP contribution is -2.72. The molecule has 6 heteroatoms. The zero-order valence-electron chi connectivity index (χ0n) is 14.4. The molecule has 0 spiro atoms. The molecule has 0 radical (unpaired) electrons. The molecule has 1 saturated heterocycles. The van der Waals surface area contributed by atoms with Gasteiger partial charge in [-0.3, -0.25) is 9.69 Å². The molecule has 6 nitrogen and oxygen atoms in total. The highest BCUT2D eigenvalue weighted by Crippen LogP contribution is 2.34. The average molecular weight is 343 g/mol. The third-order valence-electron chi connectivity index (χ3n) is 4.19. The van der Waals surface area contributed by atoms with E-state index in [1.54, 1.807) is 38.4 Å². The fraction of sp³-hybridized carbons (Fsp3) is 0.316. The van der Waals surface area contributed by atoms with Gasteiger partial charge in [-0.15, -0.1) is 0 Å². The molecule has 1 aliphatic heterocycles. The predicted molar refractivity (Wildman–Crippen MR) is 92.9 cm³/mol. The summed E-state index contributed by atoms with van der Waals surface area (Å²) < 4.78 is 21.8. The number of carbonyl (C=O) groups is 1. The molecule has 0 aromatic heterocycles. The van der Waals surface area contributed by atoms with E-state index < -0.39 is 18.4 Å². The van der Waals surface area contributed by atoms with Crippen molar-refractivity contribution in [2.24, 2.45) is 0 Å². The van der Waals surface area contributed by atoms with Crippen LogP contribution in [0, 0.1) is 0 Å². The molecule has 2 atom stereocenters. The van der Waals surface area contributed by atoms with E-state index in [9.17, 15) is 4.79 Å². The molecule has 0 bridgehead atoms. The van der Waals surface area contributed by atoms with Gasteiger partial charge in [-0.2, -0.15) is 0 Å². The first kappa shape index (κ1) is 17.3. The maximum atomic E-state index is 12.7. The Bertz CT molecular complexity index is 700. The molecule has 3 rings (SSSR count). The van der Waals surface area contributed by atoms with Gasteiger partial charge in [0.1, 0.15) is 17.5 Å². The van der Waals surface area contributed by atoms with Gasteiger partial charge in [0.25, 0.3) is 5.91 Å². The van der Waals surface area contributed by atoms with Gasteiger partial charge in [0.05, 0.1) is 7.11 Å². The van der Waals surface area contributed by atoms with Gasteiger partial charge >= 0.3 is 0 Å². The number of β-lactam (4-membered cyclic amide) rings is 1. The summed E-state index contributed by atoms with van der Waals surface area (Å²) in [7, 11) is 4.69. The van der Waals surface area contributed by atoms with Crippen LogP contribution in [0.25, 0.3) is 0 Å². The van der Waals surface area contributed by atoms with E-state index in [1.807, 2.05) is 42.5 Å². The summed E-state index contributed by atoms with van der Waals surface area (Å²) in [6, 6.07) is 16.1. The van der Waals surface area contributed by atoms with Crippen molar-refractivity contribution in [3.8, 4) is 11.5 Å². The quantitative estimate of drug-likeness (QED) is 0.571. The lowest BCUT2D eigenvalue weighted by Gasteiger charge is -2.48. The van der Waals surface area contributed by atoms with Crippen molar-refractivity contribution in [1.82, 2.24) is 0 Å². The SMILES string of the molecule is COc1ccc(N2C(=O)[C@@H](Oc3ccccc3)[C@H]2C(OC)OC)cc1. The fourth-order valence-electron chi connectivity index (χ4n) is 2.93. The first-order valence-electron chi connectivity index (χ1n) is 7.94. The number of nitrogens with zero attached hydrogens (tertiary/aromatic N) is 1. The van der Waals surface area contributed by atoms with E-state index in [4.69, 9.17) is 18.9 Å². The Morgan fingerprint density at radius 2 is 1.52 bits per heavy atom. The molecule has 1 heterocycles. The first-order valence-corrected chi connectivity index (χ1v) is 7.94. The van der Waals surface area contributed by atoms with E-state index in [2.05, 4.69) is 0 Å². The minimum absolute atomic E-state index is 0.141. The minimum atomic E-state index is -0.672. The molecule has 0 saturated carbocycles. The lowest BCUT2D eigenvalue weighted by molar-refractivity contribution is -0.166. The molecule has 2 aromatic rings. The zero-order chi connectivity index (χ0) is 17.8. The molecule has 1 amide bonds. The van der Waals surface area contributed by atoms with Crippen molar-refractivity contribution >= 4 is 11.6 Å². The summed E-state index contributed by atoms with van der Waals surface area (Å²) in [4.78, 5) is 14.4. The number of para-hydroxylation sites is 1. The van der Waals surface area contributed by atoms with Crippen molar-refractivity contribution in [2.45, 2.75) is 18.4 Å². The Morgan fingerprint density at radius 1 is 0.880 bits per heavy atom. The Hall–Kier alpha value is -2.57. The van der Waals surface area contributed by atoms with Crippen LogP contribution in [0.15, 0.2) is 54.6 Å². The number of ether oxygens (including phenoxy) is 4.